The van der Waals surface area contributed by atoms with Crippen molar-refractivity contribution in [1.29, 1.82) is 0 Å². The summed E-state index contributed by atoms with van der Waals surface area (Å²) >= 11 is 1.71. The zero-order chi connectivity index (χ0) is 17.1. The molecule has 1 aromatic heterocycles. The van der Waals surface area contributed by atoms with Crippen molar-refractivity contribution in [1.82, 2.24) is 9.88 Å². The number of hydrogen-bond acceptors (Lipinski definition) is 4. The number of nitrogens with zero attached hydrogens (tertiary/aromatic N) is 3. The Hall–Kier alpha value is -2.59. The average Bonchev–Trinajstić information content (AvgIpc) is 3.00. The lowest BCUT2D eigenvalue weighted by Crippen LogP contribution is -2.26. The molecule has 2 unspecified atom stereocenters. The third kappa shape index (κ3) is 3.30. The molecule has 1 aliphatic heterocycles. The van der Waals surface area contributed by atoms with Gasteiger partial charge in [0.15, 0.2) is 5.17 Å². The van der Waals surface area contributed by atoms with Crippen LogP contribution in [0.2, 0.25) is 0 Å². The minimum atomic E-state index is 0.0709. The van der Waals surface area contributed by atoms with Crippen molar-refractivity contribution in [2.45, 2.75) is 17.0 Å². The van der Waals surface area contributed by atoms with E-state index in [1.54, 1.807) is 11.8 Å². The van der Waals surface area contributed by atoms with Crippen molar-refractivity contribution < 1.29 is 0 Å². The summed E-state index contributed by atoms with van der Waals surface area (Å²) in [5, 5.41) is 1.04. The van der Waals surface area contributed by atoms with Crippen molar-refractivity contribution in [2.24, 2.45) is 4.99 Å². The first-order valence-electron chi connectivity index (χ1n) is 8.31. The first kappa shape index (κ1) is 15.9. The monoisotopic (exact) mass is 345 g/mol. The molecule has 0 aliphatic carbocycles. The summed E-state index contributed by atoms with van der Waals surface area (Å²) in [6.45, 7) is 0. The number of hydrogen-bond donors (Lipinski definition) is 0. The normalized spacial score (nSPS) is 19.7. The second-order valence-electron chi connectivity index (χ2n) is 6.02. The number of aromatic nitrogens is 1. The molecule has 3 aromatic rings. The molecule has 0 radical (unpaired) electrons. The second kappa shape index (κ2) is 7.11. The Kier molecular flexibility index (Phi) is 4.53. The first-order valence-corrected chi connectivity index (χ1v) is 9.13. The quantitative estimate of drug-likeness (QED) is 0.672. The highest BCUT2D eigenvalue weighted by Gasteiger charge is 2.36. The molecule has 0 amide bonds. The van der Waals surface area contributed by atoms with Crippen LogP contribution in [-0.4, -0.2) is 22.1 Å². The van der Waals surface area contributed by atoms with Crippen molar-refractivity contribution in [3.05, 3.63) is 96.3 Å². The van der Waals surface area contributed by atoms with Gasteiger partial charge in [-0.2, -0.15) is 0 Å². The van der Waals surface area contributed by atoms with E-state index in [0.29, 0.717) is 0 Å². The SMILES string of the molecule is CN1C(Sc2ccccc2)=NC(c2ccccc2)C1c1cccnc1. The van der Waals surface area contributed by atoms with Crippen LogP contribution in [0.15, 0.2) is 95.1 Å². The minimum absolute atomic E-state index is 0.0709. The van der Waals surface area contributed by atoms with Crippen LogP contribution in [0.1, 0.15) is 23.2 Å². The van der Waals surface area contributed by atoms with Gasteiger partial charge >= 0.3 is 0 Å². The predicted octanol–water partition coefficient (Wildman–Crippen LogP) is 4.96. The lowest BCUT2D eigenvalue weighted by molar-refractivity contribution is 0.367. The highest BCUT2D eigenvalue weighted by molar-refractivity contribution is 8.13. The summed E-state index contributed by atoms with van der Waals surface area (Å²) in [5.41, 5.74) is 2.41. The Morgan fingerprint density at radius 3 is 2.20 bits per heavy atom. The lowest BCUT2D eigenvalue weighted by Gasteiger charge is -2.26. The molecule has 2 heterocycles. The summed E-state index contributed by atoms with van der Waals surface area (Å²) in [4.78, 5) is 12.9. The fourth-order valence-electron chi connectivity index (χ4n) is 3.17. The van der Waals surface area contributed by atoms with Crippen molar-refractivity contribution >= 4 is 16.9 Å². The van der Waals surface area contributed by atoms with Gasteiger partial charge in [0.1, 0.15) is 6.04 Å². The molecule has 0 saturated heterocycles. The van der Waals surface area contributed by atoms with Crippen molar-refractivity contribution in [3.63, 3.8) is 0 Å². The van der Waals surface area contributed by atoms with E-state index < -0.39 is 0 Å². The van der Waals surface area contributed by atoms with E-state index in [2.05, 4.69) is 71.5 Å². The number of rotatable bonds is 3. The maximum Gasteiger partial charge on any atom is 0.165 e. The summed E-state index contributed by atoms with van der Waals surface area (Å²) < 4.78 is 0. The lowest BCUT2D eigenvalue weighted by atomic mass is 9.95. The van der Waals surface area contributed by atoms with Gasteiger partial charge in [0.05, 0.1) is 6.04 Å². The van der Waals surface area contributed by atoms with E-state index >= 15 is 0 Å². The molecule has 0 spiro atoms. The average molecular weight is 345 g/mol. The Morgan fingerprint density at radius 2 is 1.52 bits per heavy atom. The smallest absolute Gasteiger partial charge is 0.165 e. The standard InChI is InChI=1S/C21H19N3S/c1-24-20(17-11-8-14-22-15-17)19(16-9-4-2-5-10-16)23-21(24)25-18-12-6-3-7-13-18/h2-15,19-20H,1H3. The Bertz CT molecular complexity index is 850. The molecule has 0 saturated carbocycles. The summed E-state index contributed by atoms with van der Waals surface area (Å²) in [5.74, 6) is 0. The second-order valence-corrected chi connectivity index (χ2v) is 7.07. The zero-order valence-corrected chi connectivity index (χ0v) is 14.8. The van der Waals surface area contributed by atoms with Crippen molar-refractivity contribution in [2.75, 3.05) is 7.05 Å². The number of benzene rings is 2. The van der Waals surface area contributed by atoms with Gasteiger partial charge in [-0.05, 0) is 29.3 Å². The molecular weight excluding hydrogens is 326 g/mol. The van der Waals surface area contributed by atoms with Gasteiger partial charge in [-0.1, -0.05) is 66.4 Å². The third-order valence-electron chi connectivity index (χ3n) is 4.39. The molecule has 0 bridgehead atoms. The minimum Gasteiger partial charge on any atom is -0.345 e. The zero-order valence-electron chi connectivity index (χ0n) is 14.0. The molecule has 1 aliphatic rings. The molecule has 25 heavy (non-hydrogen) atoms. The molecular formula is C21H19N3S. The highest BCUT2D eigenvalue weighted by atomic mass is 32.2. The number of likely N-dealkylation sites (N-methyl/N-ethyl adjacent to an activating group) is 1. The van der Waals surface area contributed by atoms with E-state index in [1.807, 2.05) is 30.6 Å². The van der Waals surface area contributed by atoms with Gasteiger partial charge in [-0.15, -0.1) is 0 Å². The molecule has 0 N–H and O–H groups in total. The third-order valence-corrected chi connectivity index (χ3v) is 5.47. The van der Waals surface area contributed by atoms with Gasteiger partial charge in [-0.25, -0.2) is 0 Å². The molecule has 2 atom stereocenters. The van der Waals surface area contributed by atoms with Crippen LogP contribution in [0.5, 0.6) is 0 Å². The van der Waals surface area contributed by atoms with Crippen molar-refractivity contribution in [3.8, 4) is 0 Å². The number of amidine groups is 1. The molecule has 2 aromatic carbocycles. The number of thioether (sulfide) groups is 1. The Labute approximate surface area is 152 Å². The fourth-order valence-corrected chi connectivity index (χ4v) is 4.10. The van der Waals surface area contributed by atoms with Gasteiger partial charge in [0.2, 0.25) is 0 Å². The Morgan fingerprint density at radius 1 is 0.840 bits per heavy atom. The van der Waals surface area contributed by atoms with Crippen LogP contribution in [-0.2, 0) is 0 Å². The van der Waals surface area contributed by atoms with Crippen LogP contribution in [0.4, 0.5) is 0 Å². The van der Waals surface area contributed by atoms with Crippen LogP contribution in [0.25, 0.3) is 0 Å². The van der Waals surface area contributed by atoms with Gasteiger partial charge in [0.25, 0.3) is 0 Å². The van der Waals surface area contributed by atoms with Gasteiger partial charge in [-0.3, -0.25) is 9.98 Å². The summed E-state index contributed by atoms with van der Waals surface area (Å²) in [7, 11) is 2.12. The molecule has 4 rings (SSSR count). The maximum atomic E-state index is 5.07. The van der Waals surface area contributed by atoms with E-state index in [0.717, 1.165) is 5.17 Å². The fraction of sp³-hybridized carbons (Fsp3) is 0.143. The van der Waals surface area contributed by atoms with Gasteiger partial charge < -0.3 is 4.90 Å². The van der Waals surface area contributed by atoms with Crippen LogP contribution in [0.3, 0.4) is 0 Å². The highest BCUT2D eigenvalue weighted by Crippen LogP contribution is 2.43. The van der Waals surface area contributed by atoms with Crippen LogP contribution >= 0.6 is 11.8 Å². The van der Waals surface area contributed by atoms with E-state index in [-0.39, 0.29) is 12.1 Å². The largest absolute Gasteiger partial charge is 0.345 e. The van der Waals surface area contributed by atoms with E-state index in [1.165, 1.54) is 16.0 Å². The predicted molar refractivity (Wildman–Crippen MR) is 104 cm³/mol. The topological polar surface area (TPSA) is 28.5 Å². The number of pyridine rings is 1. The van der Waals surface area contributed by atoms with Gasteiger partial charge in [0, 0.05) is 24.3 Å². The molecule has 3 nitrogen and oxygen atoms in total. The number of aliphatic imine (C=N–C) groups is 1. The van der Waals surface area contributed by atoms with Crippen LogP contribution in [0, 0.1) is 0 Å². The molecule has 124 valence electrons. The van der Waals surface area contributed by atoms with Crippen LogP contribution < -0.4 is 0 Å². The first-order chi connectivity index (χ1) is 12.3. The maximum absolute atomic E-state index is 5.07. The summed E-state index contributed by atoms with van der Waals surface area (Å²) in [6, 6.07) is 25.3. The summed E-state index contributed by atoms with van der Waals surface area (Å²) in [6.07, 6.45) is 3.76. The Balaban J connectivity index is 1.71. The molecule has 0 fully saturated rings. The van der Waals surface area contributed by atoms with E-state index in [9.17, 15) is 0 Å². The van der Waals surface area contributed by atoms with E-state index in [4.69, 9.17) is 4.99 Å². The molecule has 4 heteroatoms.